The molecule has 2 aromatic heterocycles. The zero-order valence-corrected chi connectivity index (χ0v) is 51.8. The molecule has 0 aliphatic carbocycles. The summed E-state index contributed by atoms with van der Waals surface area (Å²) in [5, 5.41) is 22.9. The lowest BCUT2D eigenvalue weighted by Gasteiger charge is -2.30. The van der Waals surface area contributed by atoms with E-state index in [9.17, 15) is 43.2 Å². The van der Waals surface area contributed by atoms with Crippen LogP contribution in [0.1, 0.15) is 94.5 Å². The van der Waals surface area contributed by atoms with Gasteiger partial charge in [0.05, 0.1) is 12.4 Å². The number of nitrogens with one attached hydrogen (secondary N) is 10. The van der Waals surface area contributed by atoms with Crippen LogP contribution in [0.3, 0.4) is 0 Å². The lowest BCUT2D eigenvalue weighted by Crippen LogP contribution is -2.62. The first kappa shape index (κ1) is 71.8. The van der Waals surface area contributed by atoms with Gasteiger partial charge in [-0.3, -0.25) is 53.1 Å². The quantitative estimate of drug-likeness (QED) is 0.0117. The van der Waals surface area contributed by atoms with Crippen LogP contribution in [0.25, 0.3) is 10.9 Å². The highest BCUT2D eigenvalue weighted by atomic mass is 16.2. The van der Waals surface area contributed by atoms with E-state index < -0.39 is 113 Å². The Morgan fingerprint density at radius 2 is 0.967 bits per heavy atom. The van der Waals surface area contributed by atoms with Crippen molar-refractivity contribution in [1.29, 1.82) is 0 Å². The average Bonchev–Trinajstić information content (AvgIpc) is 2.06. The molecule has 10 atom stereocenters. The SMILES string of the molecule is CC[C@H](C)[C@H](NC(=O)[C@@H](Cc1ccccc1)NC(=O)[C@@H](Cc1c[nH]c2ccccc12)NC(=O)[C@@H](N)CCCN=C(N)N)C(=O)N[C@H](Cc1ccccc1)C(=O)N[C@@H](Cc1cnc[nH]1)C(=O)N[C@@H](CCCCN)C(=O)N[C@@H](CCCN=C(N)N)C(=O)N[C@@H](C)C(N)=O. The van der Waals surface area contributed by atoms with Gasteiger partial charge in [-0.1, -0.05) is 99.1 Å². The van der Waals surface area contributed by atoms with E-state index in [0.717, 1.165) is 10.9 Å². The van der Waals surface area contributed by atoms with Gasteiger partial charge in [-0.15, -0.1) is 0 Å². The van der Waals surface area contributed by atoms with Crippen molar-refractivity contribution in [3.63, 3.8) is 0 Å². The Labute approximate surface area is 528 Å². The molecule has 91 heavy (non-hydrogen) atoms. The van der Waals surface area contributed by atoms with Crippen LogP contribution in [-0.2, 0) is 68.8 Å². The number of rotatable bonds is 39. The minimum Gasteiger partial charge on any atom is -0.370 e. The number of hydrogen-bond donors (Lipinski definition) is 17. The zero-order chi connectivity index (χ0) is 66.4. The third-order valence-electron chi connectivity index (χ3n) is 15.2. The van der Waals surface area contributed by atoms with Crippen LogP contribution in [0.4, 0.5) is 0 Å². The van der Waals surface area contributed by atoms with Gasteiger partial charge in [-0.25, -0.2) is 4.98 Å². The van der Waals surface area contributed by atoms with Crippen LogP contribution in [0, 0.1) is 5.92 Å². The number of aromatic amines is 2. The molecule has 0 aliphatic rings. The molecule has 9 amide bonds. The van der Waals surface area contributed by atoms with E-state index in [-0.39, 0.29) is 82.9 Å². The van der Waals surface area contributed by atoms with Crippen molar-refractivity contribution in [3.8, 4) is 0 Å². The molecule has 0 spiro atoms. The number of nitrogens with two attached hydrogens (primary N) is 7. The van der Waals surface area contributed by atoms with Crippen molar-refractivity contribution >= 4 is 76.0 Å². The smallest absolute Gasteiger partial charge is 0.243 e. The first-order valence-corrected chi connectivity index (χ1v) is 30.5. The number of amides is 9. The number of benzene rings is 3. The van der Waals surface area contributed by atoms with E-state index in [0.29, 0.717) is 48.1 Å². The number of guanidine groups is 2. The third kappa shape index (κ3) is 24.2. The summed E-state index contributed by atoms with van der Waals surface area (Å²) in [6.07, 6.45) is 6.24. The fourth-order valence-electron chi connectivity index (χ4n) is 9.83. The lowest BCUT2D eigenvalue weighted by molar-refractivity contribution is -0.136. The van der Waals surface area contributed by atoms with E-state index in [1.807, 2.05) is 31.2 Å². The summed E-state index contributed by atoms with van der Waals surface area (Å²) in [6, 6.07) is 13.7. The molecule has 0 bridgehead atoms. The van der Waals surface area contributed by atoms with Crippen molar-refractivity contribution in [2.75, 3.05) is 19.6 Å². The number of fused-ring (bicyclic) bond motifs is 1. The van der Waals surface area contributed by atoms with Crippen molar-refractivity contribution in [3.05, 3.63) is 126 Å². The van der Waals surface area contributed by atoms with Crippen LogP contribution >= 0.6 is 0 Å². The molecule has 29 nitrogen and oxygen atoms in total. The number of aliphatic imine (C=N–C) groups is 2. The second-order valence-electron chi connectivity index (χ2n) is 22.4. The standard InChI is InChI=1S/C62H90N20O9/c1-4-36(2)51(82-59(90)48(30-39-19-9-6-10-20-39)79-57(88)49(31-40-33-73-44-23-12-11-21-42(40)44)78-53(84)43(64)22-15-27-71-61(66)67)60(91)81-47(29-38-17-7-5-8-18-38)56(87)80-50(32-41-34-70-35-74-41)58(89)77-45(24-13-14-26-63)55(86)76-46(25-16-28-72-62(68)69)54(85)75-37(3)52(65)83/h5-12,17-21,23,33-37,43,45-51,73H,4,13-16,22,24-32,63-64H2,1-3H3,(H2,65,83)(H,70,74)(H,75,85)(H,76,86)(H,77,89)(H,78,84)(H,79,88)(H,80,87)(H,81,91)(H,82,90)(H4,66,67,71)(H4,68,69,72)/t36-,37-,43-,45-,46-,47+,48+,49+,50-,51-/m0/s1. The Morgan fingerprint density at radius 3 is 1.49 bits per heavy atom. The second kappa shape index (κ2) is 37.2. The van der Waals surface area contributed by atoms with Gasteiger partial charge in [0.2, 0.25) is 53.2 Å². The van der Waals surface area contributed by atoms with E-state index >= 15 is 0 Å². The summed E-state index contributed by atoms with van der Waals surface area (Å²) in [6.45, 7) is 5.52. The summed E-state index contributed by atoms with van der Waals surface area (Å²) in [4.78, 5) is 146. The number of H-pyrrole nitrogens is 2. The van der Waals surface area contributed by atoms with E-state index in [1.54, 1.807) is 73.8 Å². The molecule has 29 heteroatoms. The highest BCUT2D eigenvalue weighted by Gasteiger charge is 2.37. The van der Waals surface area contributed by atoms with Crippen molar-refractivity contribution < 1.29 is 43.2 Å². The van der Waals surface area contributed by atoms with Gasteiger partial charge in [0, 0.05) is 67.8 Å². The summed E-state index contributed by atoms with van der Waals surface area (Å²) < 4.78 is 0. The predicted octanol–water partition coefficient (Wildman–Crippen LogP) is -1.85. The maximum Gasteiger partial charge on any atom is 0.243 e. The molecule has 0 unspecified atom stereocenters. The number of carbonyl (C=O) groups is 9. The Kier molecular flexibility index (Phi) is 29.4. The van der Waals surface area contributed by atoms with E-state index in [4.69, 9.17) is 40.1 Å². The van der Waals surface area contributed by atoms with E-state index in [2.05, 4.69) is 67.5 Å². The molecule has 24 N–H and O–H groups in total. The van der Waals surface area contributed by atoms with E-state index in [1.165, 1.54) is 19.4 Å². The summed E-state index contributed by atoms with van der Waals surface area (Å²) in [5.74, 6) is -7.70. The fraction of sp³-hybridized carbons (Fsp3) is 0.452. The predicted molar refractivity (Wildman–Crippen MR) is 345 cm³/mol. The van der Waals surface area contributed by atoms with Gasteiger partial charge < -0.3 is 92.6 Å². The molecule has 0 fully saturated rings. The average molecular weight is 1260 g/mol. The molecule has 5 rings (SSSR count). The Bertz CT molecular complexity index is 3230. The maximum atomic E-state index is 15.0. The lowest BCUT2D eigenvalue weighted by atomic mass is 9.96. The molecule has 2 heterocycles. The Hall–Kier alpha value is -9.90. The molecular weight excluding hydrogens is 1170 g/mol. The van der Waals surface area contributed by atoms with Crippen molar-refractivity contribution in [2.24, 2.45) is 56.0 Å². The normalized spacial score (nSPS) is 14.4. The Balaban J connectivity index is 1.43. The first-order chi connectivity index (χ1) is 43.6. The molecule has 0 radical (unpaired) electrons. The molecule has 5 aromatic rings. The highest BCUT2D eigenvalue weighted by molar-refractivity contribution is 5.99. The third-order valence-corrected chi connectivity index (χ3v) is 15.2. The second-order valence-corrected chi connectivity index (χ2v) is 22.4. The summed E-state index contributed by atoms with van der Waals surface area (Å²) in [5.41, 5.74) is 42.7. The monoisotopic (exact) mass is 1260 g/mol. The van der Waals surface area contributed by atoms with Gasteiger partial charge in [0.1, 0.15) is 48.3 Å². The highest BCUT2D eigenvalue weighted by Crippen LogP contribution is 2.20. The number of unbranched alkanes of at least 4 members (excludes halogenated alkanes) is 1. The topological polar surface area (TPSA) is 501 Å². The largest absolute Gasteiger partial charge is 0.370 e. The maximum absolute atomic E-state index is 15.0. The molecule has 0 aliphatic heterocycles. The van der Waals surface area contributed by atoms with Gasteiger partial charge in [0.25, 0.3) is 0 Å². The fourth-order valence-corrected chi connectivity index (χ4v) is 9.83. The van der Waals surface area contributed by atoms with Gasteiger partial charge in [-0.2, -0.15) is 0 Å². The number of para-hydroxylation sites is 1. The number of primary amides is 1. The van der Waals surface area contributed by atoms with Gasteiger partial charge >= 0.3 is 0 Å². The number of nitrogens with zero attached hydrogens (tertiary/aromatic N) is 3. The van der Waals surface area contributed by atoms with Crippen LogP contribution in [-0.4, -0.2) is 154 Å². The number of hydrogen-bond acceptors (Lipinski definition) is 14. The van der Waals surface area contributed by atoms with Crippen molar-refractivity contribution in [2.45, 2.75) is 152 Å². The van der Waals surface area contributed by atoms with Gasteiger partial charge in [-0.05, 0) is 87.1 Å². The number of carbonyl (C=O) groups excluding carboxylic acids is 9. The van der Waals surface area contributed by atoms with Crippen LogP contribution in [0.2, 0.25) is 0 Å². The molecule has 492 valence electrons. The molecule has 0 saturated carbocycles. The van der Waals surface area contributed by atoms with Gasteiger partial charge in [0.15, 0.2) is 11.9 Å². The summed E-state index contributed by atoms with van der Waals surface area (Å²) in [7, 11) is 0. The molecular formula is C62H90N20O9. The summed E-state index contributed by atoms with van der Waals surface area (Å²) >= 11 is 0. The zero-order valence-electron chi connectivity index (χ0n) is 51.8. The van der Waals surface area contributed by atoms with Crippen molar-refractivity contribution in [1.82, 2.24) is 57.5 Å². The van der Waals surface area contributed by atoms with Crippen LogP contribution < -0.4 is 82.7 Å². The number of aromatic nitrogens is 3. The molecule has 0 saturated heterocycles. The first-order valence-electron chi connectivity index (χ1n) is 30.5. The minimum atomic E-state index is -1.42. The molecule has 3 aromatic carbocycles. The minimum absolute atomic E-state index is 0.00966. The van der Waals surface area contributed by atoms with Crippen LogP contribution in [0.15, 0.2) is 114 Å². The van der Waals surface area contributed by atoms with Crippen LogP contribution in [0.5, 0.6) is 0 Å². The Morgan fingerprint density at radius 1 is 0.505 bits per heavy atom. The number of imidazole rings is 1.